The number of hydrogen-bond acceptors (Lipinski definition) is 7. The van der Waals surface area contributed by atoms with E-state index in [9.17, 15) is 0 Å². The van der Waals surface area contributed by atoms with Gasteiger partial charge in [0.1, 0.15) is 0 Å². The van der Waals surface area contributed by atoms with Crippen LogP contribution in [0.1, 0.15) is 62.4 Å². The predicted molar refractivity (Wildman–Crippen MR) is 129 cm³/mol. The van der Waals surface area contributed by atoms with Gasteiger partial charge in [0.2, 0.25) is 0 Å². The second kappa shape index (κ2) is 10.5. The summed E-state index contributed by atoms with van der Waals surface area (Å²) in [6, 6.07) is 9.75. The van der Waals surface area contributed by atoms with Gasteiger partial charge >= 0.3 is 0 Å². The molecule has 1 saturated carbocycles. The van der Waals surface area contributed by atoms with Gasteiger partial charge in [0.15, 0.2) is 5.82 Å². The first-order valence-corrected chi connectivity index (χ1v) is 12.8. The van der Waals surface area contributed by atoms with Crippen molar-refractivity contribution in [2.24, 2.45) is 0 Å². The number of ether oxygens (including phenoxy) is 1. The summed E-state index contributed by atoms with van der Waals surface area (Å²) >= 11 is 0. The van der Waals surface area contributed by atoms with E-state index >= 15 is 0 Å². The highest BCUT2D eigenvalue weighted by Crippen LogP contribution is 2.31. The minimum atomic E-state index is 0.0612. The summed E-state index contributed by atoms with van der Waals surface area (Å²) in [5.74, 6) is 0.939. The molecule has 2 saturated heterocycles. The highest BCUT2D eigenvalue weighted by molar-refractivity contribution is 5.47. The Morgan fingerprint density at radius 1 is 0.970 bits per heavy atom. The van der Waals surface area contributed by atoms with Gasteiger partial charge in [-0.2, -0.15) is 0 Å². The summed E-state index contributed by atoms with van der Waals surface area (Å²) < 4.78 is 7.89. The fraction of sp³-hybridized carbons (Fsp3) is 0.720. The van der Waals surface area contributed by atoms with Crippen molar-refractivity contribution < 1.29 is 4.74 Å². The van der Waals surface area contributed by atoms with Crippen LogP contribution in [-0.2, 0) is 11.3 Å². The Balaban J connectivity index is 1.37. The Kier molecular flexibility index (Phi) is 7.23. The van der Waals surface area contributed by atoms with Crippen molar-refractivity contribution in [1.82, 2.24) is 30.0 Å². The molecule has 8 heteroatoms. The van der Waals surface area contributed by atoms with Gasteiger partial charge in [-0.1, -0.05) is 31.4 Å². The van der Waals surface area contributed by atoms with Crippen molar-refractivity contribution in [2.75, 3.05) is 51.8 Å². The fourth-order valence-corrected chi connectivity index (χ4v) is 5.80. The average molecular weight is 454 g/mol. The van der Waals surface area contributed by atoms with Crippen molar-refractivity contribution in [3.8, 4) is 0 Å². The number of hydrogen-bond donors (Lipinski definition) is 0. The molecule has 1 aromatic heterocycles. The summed E-state index contributed by atoms with van der Waals surface area (Å²) in [6.07, 6.45) is 9.36. The molecule has 0 bridgehead atoms. The molecule has 33 heavy (non-hydrogen) atoms. The number of anilines is 1. The molecule has 0 amide bonds. The van der Waals surface area contributed by atoms with E-state index in [2.05, 4.69) is 68.6 Å². The lowest BCUT2D eigenvalue weighted by Crippen LogP contribution is -2.52. The molecule has 1 aromatic carbocycles. The van der Waals surface area contributed by atoms with Gasteiger partial charge in [-0.25, -0.2) is 4.68 Å². The van der Waals surface area contributed by atoms with E-state index in [4.69, 9.17) is 4.74 Å². The van der Waals surface area contributed by atoms with E-state index in [0.29, 0.717) is 0 Å². The molecule has 2 aliphatic heterocycles. The van der Waals surface area contributed by atoms with Gasteiger partial charge in [0.05, 0.1) is 18.7 Å². The van der Waals surface area contributed by atoms with Gasteiger partial charge in [-0.3, -0.25) is 9.80 Å². The zero-order valence-electron chi connectivity index (χ0n) is 20.3. The minimum Gasteiger partial charge on any atom is -0.378 e. The van der Waals surface area contributed by atoms with Crippen LogP contribution in [0.25, 0.3) is 0 Å². The largest absolute Gasteiger partial charge is 0.378 e. The van der Waals surface area contributed by atoms with Crippen LogP contribution in [0.15, 0.2) is 24.3 Å². The van der Waals surface area contributed by atoms with Crippen LogP contribution in [0.5, 0.6) is 0 Å². The first-order chi connectivity index (χ1) is 16.2. The van der Waals surface area contributed by atoms with Crippen molar-refractivity contribution in [1.29, 1.82) is 0 Å². The maximum absolute atomic E-state index is 5.89. The van der Waals surface area contributed by atoms with E-state index < -0.39 is 0 Å². The van der Waals surface area contributed by atoms with Crippen LogP contribution in [0, 0.1) is 0 Å². The minimum absolute atomic E-state index is 0.0612. The summed E-state index contributed by atoms with van der Waals surface area (Å²) in [6.45, 7) is 5.93. The predicted octanol–water partition coefficient (Wildman–Crippen LogP) is 2.96. The maximum atomic E-state index is 5.89. The van der Waals surface area contributed by atoms with Gasteiger partial charge in [0.25, 0.3) is 0 Å². The maximum Gasteiger partial charge on any atom is 0.173 e. The zero-order chi connectivity index (χ0) is 22.6. The van der Waals surface area contributed by atoms with Crippen LogP contribution in [-0.4, -0.2) is 89.0 Å². The van der Waals surface area contributed by atoms with Gasteiger partial charge in [-0.05, 0) is 53.8 Å². The van der Waals surface area contributed by atoms with Crippen LogP contribution in [0.2, 0.25) is 0 Å². The van der Waals surface area contributed by atoms with E-state index in [0.717, 1.165) is 64.0 Å². The Labute approximate surface area is 197 Å². The van der Waals surface area contributed by atoms with E-state index in [1.807, 2.05) is 4.68 Å². The summed E-state index contributed by atoms with van der Waals surface area (Å²) in [5, 5.41) is 13.0. The second-order valence-corrected chi connectivity index (χ2v) is 10.1. The lowest BCUT2D eigenvalue weighted by molar-refractivity contribution is 0.0595. The third-order valence-corrected chi connectivity index (χ3v) is 7.74. The molecule has 0 N–H and O–H groups in total. The summed E-state index contributed by atoms with van der Waals surface area (Å²) in [5.41, 5.74) is 2.47. The van der Waals surface area contributed by atoms with Gasteiger partial charge in [0, 0.05) is 58.6 Å². The fourth-order valence-electron chi connectivity index (χ4n) is 5.80. The van der Waals surface area contributed by atoms with Crippen molar-refractivity contribution >= 4 is 5.69 Å². The normalized spacial score (nSPS) is 24.2. The molecule has 8 nitrogen and oxygen atoms in total. The number of aromatic nitrogens is 4. The molecule has 1 aliphatic carbocycles. The van der Waals surface area contributed by atoms with Crippen LogP contribution >= 0.6 is 0 Å². The van der Waals surface area contributed by atoms with E-state index in [-0.39, 0.29) is 12.1 Å². The Hall–Kier alpha value is -2.03. The number of benzene rings is 1. The topological polar surface area (TPSA) is 62.6 Å². The molecule has 180 valence electrons. The van der Waals surface area contributed by atoms with Gasteiger partial charge in [-0.15, -0.1) is 5.10 Å². The number of rotatable bonds is 7. The number of piperazine rings is 1. The Morgan fingerprint density at radius 2 is 1.73 bits per heavy atom. The second-order valence-electron chi connectivity index (χ2n) is 10.1. The molecule has 3 fully saturated rings. The first kappa shape index (κ1) is 22.7. The van der Waals surface area contributed by atoms with Crippen molar-refractivity contribution in [3.63, 3.8) is 0 Å². The highest BCUT2D eigenvalue weighted by atomic mass is 16.5. The zero-order valence-corrected chi connectivity index (χ0v) is 20.3. The van der Waals surface area contributed by atoms with Crippen LogP contribution < -0.4 is 4.90 Å². The van der Waals surface area contributed by atoms with E-state index in [1.54, 1.807) is 0 Å². The standard InChI is InChI=1S/C25H39N7O/c1-29(2)21-12-10-20(11-13-21)24(25-26-27-28-32(25)19-23-9-6-18-33-23)31-16-14-30(15-17-31)22-7-4-3-5-8-22/h10-13,22-24H,3-9,14-19H2,1-2H3/t23-,24+/m1/s1. The molecule has 3 heterocycles. The average Bonchev–Trinajstić information content (AvgIpc) is 3.54. The highest BCUT2D eigenvalue weighted by Gasteiger charge is 2.33. The molecule has 2 atom stereocenters. The Bertz CT molecular complexity index is 863. The van der Waals surface area contributed by atoms with Gasteiger partial charge < -0.3 is 9.64 Å². The third-order valence-electron chi connectivity index (χ3n) is 7.74. The van der Waals surface area contributed by atoms with Crippen molar-refractivity contribution in [3.05, 3.63) is 35.7 Å². The summed E-state index contributed by atoms with van der Waals surface area (Å²) in [7, 11) is 4.16. The smallest absolute Gasteiger partial charge is 0.173 e. The molecule has 2 aromatic rings. The van der Waals surface area contributed by atoms with Crippen LogP contribution in [0.4, 0.5) is 5.69 Å². The lowest BCUT2D eigenvalue weighted by Gasteiger charge is -2.43. The SMILES string of the molecule is CN(C)c1ccc([C@@H](c2nnnn2C[C@H]2CCCO2)N2CCN(C3CCCCC3)CC2)cc1. The monoisotopic (exact) mass is 453 g/mol. The molecule has 0 radical (unpaired) electrons. The Morgan fingerprint density at radius 3 is 2.39 bits per heavy atom. The number of tetrazole rings is 1. The first-order valence-electron chi connectivity index (χ1n) is 12.8. The quantitative estimate of drug-likeness (QED) is 0.639. The molecule has 3 aliphatic rings. The van der Waals surface area contributed by atoms with Crippen molar-refractivity contribution in [2.45, 2.75) is 69.7 Å². The summed E-state index contributed by atoms with van der Waals surface area (Å²) in [4.78, 5) is 7.46. The van der Waals surface area contributed by atoms with E-state index in [1.165, 1.54) is 43.4 Å². The molecule has 0 spiro atoms. The van der Waals surface area contributed by atoms with Crippen LogP contribution in [0.3, 0.4) is 0 Å². The molecule has 5 rings (SSSR count). The molecule has 0 unspecified atom stereocenters. The lowest BCUT2D eigenvalue weighted by atomic mass is 9.93. The molecular weight excluding hydrogens is 414 g/mol. The molecular formula is C25H39N7O. The number of nitrogens with zero attached hydrogens (tertiary/aromatic N) is 7. The third kappa shape index (κ3) is 5.23.